The zero-order chi connectivity index (χ0) is 31.3. The fourth-order valence-electron chi connectivity index (χ4n) is 6.14. The molecule has 1 aliphatic rings. The number of fused-ring (bicyclic) bond motifs is 2. The molecule has 1 aliphatic heterocycles. The third-order valence-electron chi connectivity index (χ3n) is 8.37. The average molecular weight is 759 g/mol. The molecule has 0 aliphatic carbocycles. The third kappa shape index (κ3) is 6.20. The summed E-state index contributed by atoms with van der Waals surface area (Å²) in [6, 6.07) is 37.4. The van der Waals surface area contributed by atoms with Gasteiger partial charge in [0.1, 0.15) is 29.5 Å². The van der Waals surface area contributed by atoms with Crippen molar-refractivity contribution < 1.29 is 9.47 Å². The van der Waals surface area contributed by atoms with Crippen molar-refractivity contribution in [3.8, 4) is 11.5 Å². The summed E-state index contributed by atoms with van der Waals surface area (Å²) >= 11 is 3.93. The number of ether oxygens (including phenoxy) is 2. The standard InChI is InChI=1S/C36H34IN5O2PS/c37-29-22-30-31(44-25-43-30)23-32(29)46-36-41-33-34(38)39-24-40-35(33)42(36)20-12-1-2-13-21-45(26-14-6-3-7-15-26,27-16-8-4-9-17-27)28-18-10-5-11-19-28/h3-11,14-19,22-24H,1-2,12-13,20-21,25H2,(H2,38,39,40)/q+1. The van der Waals surface area contributed by atoms with Crippen molar-refractivity contribution in [1.29, 1.82) is 0 Å². The van der Waals surface area contributed by atoms with E-state index in [-0.39, 0.29) is 6.79 Å². The molecule has 0 spiro atoms. The highest BCUT2D eigenvalue weighted by Crippen LogP contribution is 2.56. The molecule has 0 unspecified atom stereocenters. The Bertz CT molecular complexity index is 1850. The van der Waals surface area contributed by atoms with Crippen molar-refractivity contribution in [2.24, 2.45) is 0 Å². The highest BCUT2D eigenvalue weighted by molar-refractivity contribution is 14.1. The van der Waals surface area contributed by atoms with Crippen molar-refractivity contribution in [1.82, 2.24) is 19.5 Å². The number of nitrogen functional groups attached to an aromatic ring is 1. The number of nitrogens with two attached hydrogens (primary N) is 1. The first-order valence-corrected chi connectivity index (χ1v) is 19.3. The lowest BCUT2D eigenvalue weighted by molar-refractivity contribution is 0.174. The predicted octanol–water partition coefficient (Wildman–Crippen LogP) is 7.45. The molecule has 0 amide bonds. The molecule has 10 heteroatoms. The predicted molar refractivity (Wildman–Crippen MR) is 198 cm³/mol. The third-order valence-corrected chi connectivity index (χ3v) is 15.2. The van der Waals surface area contributed by atoms with E-state index in [9.17, 15) is 0 Å². The number of halogens is 1. The zero-order valence-corrected chi connectivity index (χ0v) is 29.1. The SMILES string of the molecule is Nc1ncnc2c1nc(Sc1cc3c(cc1I)OCO3)n2CCCCCC[P+](c1ccccc1)(c1ccccc1)c1ccccc1. The minimum atomic E-state index is -1.81. The fourth-order valence-corrected chi connectivity index (χ4v) is 12.3. The lowest BCUT2D eigenvalue weighted by atomic mass is 10.2. The van der Waals surface area contributed by atoms with Crippen LogP contribution in [0, 0.1) is 3.57 Å². The second kappa shape index (κ2) is 14.0. The Morgan fingerprint density at radius 2 is 1.35 bits per heavy atom. The molecule has 0 radical (unpaired) electrons. The Balaban J connectivity index is 1.09. The molecule has 6 aromatic rings. The van der Waals surface area contributed by atoms with Crippen molar-refractivity contribution in [3.63, 3.8) is 0 Å². The summed E-state index contributed by atoms with van der Waals surface area (Å²) < 4.78 is 14.5. The van der Waals surface area contributed by atoms with Crippen LogP contribution in [0.1, 0.15) is 25.7 Å². The number of anilines is 1. The minimum absolute atomic E-state index is 0.245. The molecule has 4 aromatic carbocycles. The van der Waals surface area contributed by atoms with Crippen LogP contribution < -0.4 is 31.1 Å². The number of hydrogen-bond donors (Lipinski definition) is 1. The van der Waals surface area contributed by atoms with Gasteiger partial charge in [-0.05, 0) is 90.4 Å². The number of unbranched alkanes of at least 4 members (excludes halogenated alkanes) is 3. The molecule has 46 heavy (non-hydrogen) atoms. The summed E-state index contributed by atoms with van der Waals surface area (Å²) in [5, 5.41) is 5.17. The van der Waals surface area contributed by atoms with E-state index >= 15 is 0 Å². The number of aryl methyl sites for hydroxylation is 1. The molecule has 2 N–H and O–H groups in total. The van der Waals surface area contributed by atoms with Crippen LogP contribution >= 0.6 is 41.6 Å². The van der Waals surface area contributed by atoms with Gasteiger partial charge in [-0.25, -0.2) is 15.0 Å². The van der Waals surface area contributed by atoms with Crippen molar-refractivity contribution in [2.75, 3.05) is 18.7 Å². The van der Waals surface area contributed by atoms with Gasteiger partial charge in [-0.15, -0.1) is 0 Å². The van der Waals surface area contributed by atoms with Gasteiger partial charge >= 0.3 is 0 Å². The molecule has 0 atom stereocenters. The molecule has 3 heterocycles. The molecule has 7 rings (SSSR count). The highest BCUT2D eigenvalue weighted by Gasteiger charge is 2.44. The van der Waals surface area contributed by atoms with Crippen LogP contribution in [-0.2, 0) is 6.54 Å². The number of aromatic nitrogens is 4. The van der Waals surface area contributed by atoms with Crippen LogP contribution in [0.2, 0.25) is 0 Å². The summed E-state index contributed by atoms with van der Waals surface area (Å²) in [6.45, 7) is 1.04. The van der Waals surface area contributed by atoms with Gasteiger partial charge in [0.25, 0.3) is 0 Å². The van der Waals surface area contributed by atoms with Crippen LogP contribution in [0.25, 0.3) is 11.2 Å². The number of nitrogens with zero attached hydrogens (tertiary/aromatic N) is 4. The summed E-state index contributed by atoms with van der Waals surface area (Å²) in [5.74, 6) is 1.93. The van der Waals surface area contributed by atoms with Gasteiger partial charge in [0, 0.05) is 15.0 Å². The molecule has 0 bridgehead atoms. The molecule has 2 aromatic heterocycles. The minimum Gasteiger partial charge on any atom is -0.454 e. The zero-order valence-electron chi connectivity index (χ0n) is 25.3. The topological polar surface area (TPSA) is 88.1 Å². The van der Waals surface area contributed by atoms with Gasteiger partial charge in [-0.2, -0.15) is 0 Å². The lowest BCUT2D eigenvalue weighted by Gasteiger charge is -2.27. The summed E-state index contributed by atoms with van der Waals surface area (Å²) in [7, 11) is -1.81. The molecule has 0 saturated carbocycles. The van der Waals surface area contributed by atoms with Gasteiger partial charge in [0.2, 0.25) is 6.79 Å². The molecule has 7 nitrogen and oxygen atoms in total. The van der Waals surface area contributed by atoms with E-state index in [1.165, 1.54) is 22.2 Å². The van der Waals surface area contributed by atoms with Crippen LogP contribution in [0.5, 0.6) is 11.5 Å². The lowest BCUT2D eigenvalue weighted by Crippen LogP contribution is -2.33. The van der Waals surface area contributed by atoms with E-state index in [0.29, 0.717) is 11.3 Å². The van der Waals surface area contributed by atoms with Gasteiger partial charge in [-0.3, -0.25) is 0 Å². The van der Waals surface area contributed by atoms with Gasteiger partial charge in [0.15, 0.2) is 33.6 Å². The highest BCUT2D eigenvalue weighted by atomic mass is 127. The largest absolute Gasteiger partial charge is 0.454 e. The Hall–Kier alpha value is -3.66. The van der Waals surface area contributed by atoms with Crippen LogP contribution in [0.15, 0.2) is 120 Å². The fraction of sp³-hybridized carbons (Fsp3) is 0.194. The Kier molecular flexibility index (Phi) is 9.42. The average Bonchev–Trinajstić information content (AvgIpc) is 3.70. The first-order valence-electron chi connectivity index (χ1n) is 15.4. The van der Waals surface area contributed by atoms with Crippen molar-refractivity contribution in [3.05, 3.63) is 113 Å². The van der Waals surface area contributed by atoms with E-state index in [0.717, 1.165) is 69.2 Å². The van der Waals surface area contributed by atoms with E-state index in [2.05, 4.69) is 128 Å². The maximum atomic E-state index is 6.24. The summed E-state index contributed by atoms with van der Waals surface area (Å²) in [5.41, 5.74) is 7.66. The van der Waals surface area contributed by atoms with Crippen molar-refractivity contribution in [2.45, 2.75) is 42.3 Å². The van der Waals surface area contributed by atoms with E-state index in [1.54, 1.807) is 11.8 Å². The number of imidazole rings is 1. The normalized spacial score (nSPS) is 12.5. The summed E-state index contributed by atoms with van der Waals surface area (Å²) in [6.07, 6.45) is 7.05. The Morgan fingerprint density at radius 1 is 0.761 bits per heavy atom. The quantitative estimate of drug-likeness (QED) is 0.0789. The van der Waals surface area contributed by atoms with Gasteiger partial charge < -0.3 is 19.8 Å². The first-order chi connectivity index (χ1) is 22.6. The molecule has 0 fully saturated rings. The van der Waals surface area contributed by atoms with Gasteiger partial charge in [-0.1, -0.05) is 72.8 Å². The first kappa shape index (κ1) is 31.0. The molecular formula is C36H34IN5O2PS+. The summed E-state index contributed by atoms with van der Waals surface area (Å²) in [4.78, 5) is 14.7. The molecule has 0 saturated heterocycles. The monoisotopic (exact) mass is 758 g/mol. The maximum absolute atomic E-state index is 6.24. The molecular weight excluding hydrogens is 724 g/mol. The van der Waals surface area contributed by atoms with E-state index in [4.69, 9.17) is 20.2 Å². The molecule has 232 valence electrons. The Labute approximate surface area is 287 Å². The van der Waals surface area contributed by atoms with E-state index < -0.39 is 7.26 Å². The van der Waals surface area contributed by atoms with Crippen LogP contribution in [0.3, 0.4) is 0 Å². The van der Waals surface area contributed by atoms with E-state index in [1.807, 2.05) is 12.1 Å². The van der Waals surface area contributed by atoms with Crippen LogP contribution in [-0.4, -0.2) is 32.5 Å². The van der Waals surface area contributed by atoms with Crippen LogP contribution in [0.4, 0.5) is 5.82 Å². The van der Waals surface area contributed by atoms with Crippen molar-refractivity contribution >= 4 is 74.5 Å². The maximum Gasteiger partial charge on any atom is 0.231 e. The Morgan fingerprint density at radius 3 is 1.98 bits per heavy atom. The second-order valence-corrected chi connectivity index (χ2v) is 17.0. The smallest absolute Gasteiger partial charge is 0.231 e. The number of benzene rings is 4. The number of rotatable bonds is 12. The second-order valence-electron chi connectivity index (χ2n) is 11.2. The van der Waals surface area contributed by atoms with Gasteiger partial charge in [0.05, 0.1) is 6.16 Å². The number of hydrogen-bond acceptors (Lipinski definition) is 7.